The number of benzene rings is 1. The molecule has 1 aliphatic rings. The van der Waals surface area contributed by atoms with Gasteiger partial charge in [-0.3, -0.25) is 9.59 Å². The third-order valence-corrected chi connectivity index (χ3v) is 4.61. The van der Waals surface area contributed by atoms with E-state index in [1.54, 1.807) is 0 Å². The van der Waals surface area contributed by atoms with Crippen molar-refractivity contribution in [3.63, 3.8) is 0 Å². The molecule has 0 aliphatic carbocycles. The molecule has 5 nitrogen and oxygen atoms in total. The van der Waals surface area contributed by atoms with E-state index in [-0.39, 0.29) is 18.4 Å². The number of carbonyl (C=O) groups is 2. The number of piperidine rings is 1. The monoisotopic (exact) mass is 332 g/mol. The molecule has 0 radical (unpaired) electrons. The Balaban J connectivity index is 1.76. The van der Waals surface area contributed by atoms with Gasteiger partial charge in [0, 0.05) is 17.5 Å². The van der Waals surface area contributed by atoms with Gasteiger partial charge in [0.2, 0.25) is 5.91 Å². The minimum Gasteiger partial charge on any atom is -0.342 e. The summed E-state index contributed by atoms with van der Waals surface area (Å²) in [5, 5.41) is 5.62. The number of carbonyl (C=O) groups excluding carboxylic acids is 2. The normalized spacial score (nSPS) is 23.5. The highest BCUT2D eigenvalue weighted by atomic mass is 16.2. The van der Waals surface area contributed by atoms with Crippen molar-refractivity contribution < 1.29 is 14.5 Å². The number of rotatable bonds is 6. The van der Waals surface area contributed by atoms with Crippen LogP contribution in [0.25, 0.3) is 0 Å². The third kappa shape index (κ3) is 5.64. The second-order valence-electron chi connectivity index (χ2n) is 7.12. The third-order valence-electron chi connectivity index (χ3n) is 4.61. The molecule has 0 spiro atoms. The second-order valence-corrected chi connectivity index (χ2v) is 7.12. The van der Waals surface area contributed by atoms with Crippen LogP contribution in [0.2, 0.25) is 0 Å². The fourth-order valence-electron chi connectivity index (χ4n) is 3.68. The molecule has 132 valence electrons. The lowest BCUT2D eigenvalue weighted by Gasteiger charge is -2.31. The Morgan fingerprint density at radius 1 is 1.12 bits per heavy atom. The molecular formula is C19H30N3O2+. The van der Waals surface area contributed by atoms with Crippen LogP contribution in [0.5, 0.6) is 0 Å². The van der Waals surface area contributed by atoms with Crippen LogP contribution in [0, 0.1) is 11.8 Å². The Bertz CT molecular complexity index is 563. The summed E-state index contributed by atoms with van der Waals surface area (Å²) in [6.45, 7) is 9.08. The summed E-state index contributed by atoms with van der Waals surface area (Å²) in [5.74, 6) is 1.08. The Morgan fingerprint density at radius 3 is 2.46 bits per heavy atom. The quantitative estimate of drug-likeness (QED) is 0.724. The number of anilines is 1. The number of quaternary nitrogens is 1. The highest BCUT2D eigenvalue weighted by Crippen LogP contribution is 2.15. The summed E-state index contributed by atoms with van der Waals surface area (Å²) in [5.41, 5.74) is 1.92. The number of hydrogen-bond donors (Lipinski definition) is 3. The van der Waals surface area contributed by atoms with Gasteiger partial charge in [-0.2, -0.15) is 0 Å². The van der Waals surface area contributed by atoms with Gasteiger partial charge in [0.15, 0.2) is 6.54 Å². The molecule has 1 aliphatic heterocycles. The molecule has 2 amide bonds. The standard InChI is InChI=1S/C19H29N3O2/c1-4-16-7-5-6-8-17(16)21-18(23)10-20-19(24)13-22-11-14(2)9-15(3)12-22/h5-8,14-15H,4,9-13H2,1-3H3,(H,20,24)(H,21,23)/p+1/t14-,15+. The van der Waals surface area contributed by atoms with Crippen molar-refractivity contribution in [3.8, 4) is 0 Å². The van der Waals surface area contributed by atoms with E-state index in [0.29, 0.717) is 18.4 Å². The lowest BCUT2D eigenvalue weighted by Crippen LogP contribution is -3.15. The summed E-state index contributed by atoms with van der Waals surface area (Å²) in [6, 6.07) is 7.74. The summed E-state index contributed by atoms with van der Waals surface area (Å²) < 4.78 is 0. The van der Waals surface area contributed by atoms with Crippen molar-refractivity contribution in [2.24, 2.45) is 11.8 Å². The zero-order valence-electron chi connectivity index (χ0n) is 15.0. The lowest BCUT2D eigenvalue weighted by atomic mass is 9.92. The molecule has 0 saturated carbocycles. The van der Waals surface area contributed by atoms with Crippen LogP contribution in [-0.4, -0.2) is 38.0 Å². The largest absolute Gasteiger partial charge is 0.342 e. The number of aryl methyl sites for hydroxylation is 1. The maximum absolute atomic E-state index is 12.1. The SMILES string of the molecule is CCc1ccccc1NC(=O)CNC(=O)C[NH+]1C[C@H](C)C[C@H](C)C1. The van der Waals surface area contributed by atoms with E-state index < -0.39 is 0 Å². The maximum Gasteiger partial charge on any atom is 0.275 e. The van der Waals surface area contributed by atoms with Crippen molar-refractivity contribution >= 4 is 17.5 Å². The number of para-hydroxylation sites is 1. The Hall–Kier alpha value is -1.88. The van der Waals surface area contributed by atoms with E-state index in [9.17, 15) is 9.59 Å². The van der Waals surface area contributed by atoms with Gasteiger partial charge in [0.05, 0.1) is 19.6 Å². The Morgan fingerprint density at radius 2 is 1.79 bits per heavy atom. The first-order valence-electron chi connectivity index (χ1n) is 8.96. The van der Waals surface area contributed by atoms with E-state index in [4.69, 9.17) is 0 Å². The predicted octanol–water partition coefficient (Wildman–Crippen LogP) is 0.865. The predicted molar refractivity (Wildman–Crippen MR) is 96.0 cm³/mol. The van der Waals surface area contributed by atoms with Crippen molar-refractivity contribution in [3.05, 3.63) is 29.8 Å². The summed E-state index contributed by atoms with van der Waals surface area (Å²) in [6.07, 6.45) is 2.10. The summed E-state index contributed by atoms with van der Waals surface area (Å²) >= 11 is 0. The first kappa shape index (κ1) is 18.5. The van der Waals surface area contributed by atoms with Gasteiger partial charge in [0.1, 0.15) is 0 Å². The highest BCUT2D eigenvalue weighted by molar-refractivity contribution is 5.95. The van der Waals surface area contributed by atoms with E-state index in [0.717, 1.165) is 30.8 Å². The molecule has 0 bridgehead atoms. The van der Waals surface area contributed by atoms with Gasteiger partial charge < -0.3 is 15.5 Å². The molecule has 0 aromatic heterocycles. The van der Waals surface area contributed by atoms with Gasteiger partial charge in [-0.1, -0.05) is 39.0 Å². The number of amides is 2. The maximum atomic E-state index is 12.1. The average molecular weight is 332 g/mol. The van der Waals surface area contributed by atoms with Crippen molar-refractivity contribution in [2.75, 3.05) is 31.5 Å². The molecule has 1 aromatic rings. The van der Waals surface area contributed by atoms with E-state index >= 15 is 0 Å². The van der Waals surface area contributed by atoms with Crippen molar-refractivity contribution in [1.82, 2.24) is 5.32 Å². The van der Waals surface area contributed by atoms with Gasteiger partial charge in [-0.05, 0) is 24.5 Å². The minimum absolute atomic E-state index is 0.0231. The molecule has 5 heteroatoms. The topological polar surface area (TPSA) is 62.6 Å². The van der Waals surface area contributed by atoms with Crippen LogP contribution in [-0.2, 0) is 16.0 Å². The van der Waals surface area contributed by atoms with Crippen molar-refractivity contribution in [2.45, 2.75) is 33.6 Å². The molecule has 24 heavy (non-hydrogen) atoms. The van der Waals surface area contributed by atoms with Gasteiger partial charge >= 0.3 is 0 Å². The molecule has 1 saturated heterocycles. The van der Waals surface area contributed by atoms with E-state index in [2.05, 4.69) is 31.4 Å². The average Bonchev–Trinajstić information content (AvgIpc) is 2.52. The first-order chi connectivity index (χ1) is 11.5. The van der Waals surface area contributed by atoms with Gasteiger partial charge in [0.25, 0.3) is 5.91 Å². The zero-order chi connectivity index (χ0) is 17.5. The molecule has 1 fully saturated rings. The second kappa shape index (κ2) is 8.83. The molecular weight excluding hydrogens is 302 g/mol. The number of hydrogen-bond acceptors (Lipinski definition) is 2. The molecule has 1 aromatic carbocycles. The fourth-order valence-corrected chi connectivity index (χ4v) is 3.68. The molecule has 1 heterocycles. The number of nitrogens with one attached hydrogen (secondary N) is 3. The van der Waals surface area contributed by atoms with Gasteiger partial charge in [-0.25, -0.2) is 0 Å². The van der Waals surface area contributed by atoms with E-state index in [1.807, 2.05) is 24.3 Å². The van der Waals surface area contributed by atoms with Crippen LogP contribution < -0.4 is 15.5 Å². The van der Waals surface area contributed by atoms with Crippen LogP contribution in [0.4, 0.5) is 5.69 Å². The number of likely N-dealkylation sites (tertiary alicyclic amines) is 1. The molecule has 2 rings (SSSR count). The zero-order valence-corrected chi connectivity index (χ0v) is 15.0. The van der Waals surface area contributed by atoms with Crippen LogP contribution in [0.3, 0.4) is 0 Å². The van der Waals surface area contributed by atoms with Crippen LogP contribution in [0.15, 0.2) is 24.3 Å². The lowest BCUT2D eigenvalue weighted by molar-refractivity contribution is -0.904. The fraction of sp³-hybridized carbons (Fsp3) is 0.579. The Labute approximate surface area is 144 Å². The molecule has 3 N–H and O–H groups in total. The van der Waals surface area contributed by atoms with Gasteiger partial charge in [-0.15, -0.1) is 0 Å². The summed E-state index contributed by atoms with van der Waals surface area (Å²) in [4.78, 5) is 25.5. The first-order valence-corrected chi connectivity index (χ1v) is 8.96. The molecule has 3 atom stereocenters. The van der Waals surface area contributed by atoms with E-state index in [1.165, 1.54) is 11.3 Å². The van der Waals surface area contributed by atoms with Crippen LogP contribution >= 0.6 is 0 Å². The molecule has 1 unspecified atom stereocenters. The van der Waals surface area contributed by atoms with Crippen LogP contribution in [0.1, 0.15) is 32.8 Å². The minimum atomic E-state index is -0.181. The Kier molecular flexibility index (Phi) is 6.79. The smallest absolute Gasteiger partial charge is 0.275 e. The highest BCUT2D eigenvalue weighted by Gasteiger charge is 2.26. The van der Waals surface area contributed by atoms with Crippen molar-refractivity contribution in [1.29, 1.82) is 0 Å². The summed E-state index contributed by atoms with van der Waals surface area (Å²) in [7, 11) is 0.